The topological polar surface area (TPSA) is 62.2 Å². The normalized spacial score (nSPS) is 13.2. The molecule has 2 aromatic carbocycles. The van der Waals surface area contributed by atoms with Crippen LogP contribution in [0.4, 0.5) is 31.5 Å². The van der Waals surface area contributed by atoms with E-state index >= 15 is 0 Å². The van der Waals surface area contributed by atoms with E-state index in [4.69, 9.17) is 11.6 Å². The summed E-state index contributed by atoms with van der Waals surface area (Å²) >= 11 is 6.41. The number of nitrogens with one attached hydrogen (secondary N) is 1. The third-order valence-corrected chi connectivity index (χ3v) is 5.06. The van der Waals surface area contributed by atoms with E-state index < -0.39 is 40.5 Å². The van der Waals surface area contributed by atoms with Crippen LogP contribution in [0.25, 0.3) is 11.1 Å². The SMILES string of the molecule is O=C(Nc1nc(C(O)Cl)cs1)c1ccccc1-c1cc(C(F)(F)F)cc(C(F)(F)F)c1. The molecule has 0 saturated heterocycles. The fourth-order valence-corrected chi connectivity index (χ4v) is 3.57. The molecule has 1 heterocycles. The van der Waals surface area contributed by atoms with Gasteiger partial charge in [-0.1, -0.05) is 29.8 Å². The molecule has 4 nitrogen and oxygen atoms in total. The summed E-state index contributed by atoms with van der Waals surface area (Å²) in [6, 6.07) is 6.39. The van der Waals surface area contributed by atoms with Crippen LogP contribution in [0.3, 0.4) is 0 Å². The average molecular weight is 481 g/mol. The number of thiazole rings is 1. The Morgan fingerprint density at radius 3 is 2.13 bits per heavy atom. The second kappa shape index (κ2) is 8.48. The third-order valence-electron chi connectivity index (χ3n) is 4.06. The standard InChI is InChI=1S/C19H11ClF6N2O2S/c20-15(29)14-8-31-17(27-14)28-16(30)13-4-2-1-3-12(13)9-5-10(18(21,22)23)7-11(6-9)19(24,25)26/h1-8,15,29H,(H,27,28,30). The number of nitrogens with zero attached hydrogens (tertiary/aromatic N) is 1. The zero-order chi connectivity index (χ0) is 23.0. The van der Waals surface area contributed by atoms with Crippen molar-refractivity contribution in [3.8, 4) is 11.1 Å². The van der Waals surface area contributed by atoms with Crippen molar-refractivity contribution in [3.05, 3.63) is 70.2 Å². The van der Waals surface area contributed by atoms with Crippen molar-refractivity contribution in [2.24, 2.45) is 0 Å². The number of aromatic nitrogens is 1. The molecule has 31 heavy (non-hydrogen) atoms. The summed E-state index contributed by atoms with van der Waals surface area (Å²) in [5, 5.41) is 13.1. The molecule has 12 heteroatoms. The highest BCUT2D eigenvalue weighted by Crippen LogP contribution is 2.39. The van der Waals surface area contributed by atoms with Crippen LogP contribution in [-0.2, 0) is 12.4 Å². The molecule has 3 rings (SSSR count). The van der Waals surface area contributed by atoms with Gasteiger partial charge in [0, 0.05) is 10.9 Å². The predicted molar refractivity (Wildman–Crippen MR) is 103 cm³/mol. The summed E-state index contributed by atoms with van der Waals surface area (Å²) in [5.41, 5.74) is -5.04. The number of carbonyl (C=O) groups excluding carboxylic acids is 1. The minimum atomic E-state index is -5.02. The summed E-state index contributed by atoms with van der Waals surface area (Å²) in [6.45, 7) is 0. The maximum atomic E-state index is 13.2. The summed E-state index contributed by atoms with van der Waals surface area (Å²) in [6.07, 6.45) is -10.0. The first kappa shape index (κ1) is 23.0. The third kappa shape index (κ3) is 5.35. The van der Waals surface area contributed by atoms with E-state index in [-0.39, 0.29) is 28.0 Å². The van der Waals surface area contributed by atoms with Gasteiger partial charge in [-0.15, -0.1) is 11.3 Å². The van der Waals surface area contributed by atoms with E-state index in [9.17, 15) is 36.2 Å². The van der Waals surface area contributed by atoms with Crippen molar-refractivity contribution in [2.45, 2.75) is 17.9 Å². The summed E-state index contributed by atoms with van der Waals surface area (Å²) in [5.74, 6) is -0.813. The van der Waals surface area contributed by atoms with Gasteiger partial charge in [-0.3, -0.25) is 10.1 Å². The van der Waals surface area contributed by atoms with Crippen LogP contribution in [-0.4, -0.2) is 16.0 Å². The number of rotatable bonds is 4. The van der Waals surface area contributed by atoms with Crippen molar-refractivity contribution < 1.29 is 36.2 Å². The molecule has 0 spiro atoms. The second-order valence-corrected chi connectivity index (χ2v) is 7.48. The van der Waals surface area contributed by atoms with Crippen LogP contribution in [0, 0.1) is 0 Å². The van der Waals surface area contributed by atoms with Gasteiger partial charge in [0.15, 0.2) is 10.7 Å². The van der Waals surface area contributed by atoms with Crippen molar-refractivity contribution in [1.82, 2.24) is 4.98 Å². The Morgan fingerprint density at radius 1 is 1.03 bits per heavy atom. The van der Waals surface area contributed by atoms with Crippen LogP contribution in [0.5, 0.6) is 0 Å². The zero-order valence-corrected chi connectivity index (χ0v) is 16.6. The Bertz CT molecular complexity index is 1080. The Morgan fingerprint density at radius 2 is 1.61 bits per heavy atom. The minimum absolute atomic E-state index is 0.0146. The molecular weight excluding hydrogens is 470 g/mol. The van der Waals surface area contributed by atoms with Gasteiger partial charge in [0.1, 0.15) is 0 Å². The van der Waals surface area contributed by atoms with Crippen LogP contribution in [0.1, 0.15) is 32.7 Å². The lowest BCUT2D eigenvalue weighted by atomic mass is 9.95. The van der Waals surface area contributed by atoms with Gasteiger partial charge in [0.2, 0.25) is 0 Å². The Kier molecular flexibility index (Phi) is 6.30. The number of aliphatic hydroxyl groups is 1. The number of halogens is 7. The Balaban J connectivity index is 2.05. The van der Waals surface area contributed by atoms with Gasteiger partial charge in [-0.25, -0.2) is 4.98 Å². The lowest BCUT2D eigenvalue weighted by Gasteiger charge is -2.16. The van der Waals surface area contributed by atoms with E-state index in [1.165, 1.54) is 29.6 Å². The van der Waals surface area contributed by atoms with Crippen molar-refractivity contribution in [1.29, 1.82) is 0 Å². The first-order chi connectivity index (χ1) is 14.4. The number of aliphatic hydroxyl groups excluding tert-OH is 1. The molecule has 0 aliphatic rings. The smallest absolute Gasteiger partial charge is 0.372 e. The molecule has 0 saturated carbocycles. The highest BCUT2D eigenvalue weighted by Gasteiger charge is 2.37. The molecule has 164 valence electrons. The summed E-state index contributed by atoms with van der Waals surface area (Å²) in [4.78, 5) is 16.5. The quantitative estimate of drug-likeness (QED) is 0.339. The van der Waals surface area contributed by atoms with E-state index in [0.717, 1.165) is 11.3 Å². The monoisotopic (exact) mass is 480 g/mol. The fourth-order valence-electron chi connectivity index (χ4n) is 2.66. The minimum Gasteiger partial charge on any atom is -0.372 e. The lowest BCUT2D eigenvalue weighted by molar-refractivity contribution is -0.143. The average Bonchev–Trinajstić information content (AvgIpc) is 3.15. The van der Waals surface area contributed by atoms with Gasteiger partial charge in [-0.2, -0.15) is 26.3 Å². The van der Waals surface area contributed by atoms with E-state index in [1.54, 1.807) is 0 Å². The van der Waals surface area contributed by atoms with Crippen LogP contribution in [0.2, 0.25) is 0 Å². The van der Waals surface area contributed by atoms with E-state index in [2.05, 4.69) is 10.3 Å². The molecule has 0 radical (unpaired) electrons. The highest BCUT2D eigenvalue weighted by atomic mass is 35.5. The largest absolute Gasteiger partial charge is 0.416 e. The number of alkyl halides is 7. The number of amides is 1. The molecule has 0 aliphatic heterocycles. The second-order valence-electron chi connectivity index (χ2n) is 6.21. The maximum Gasteiger partial charge on any atom is 0.416 e. The van der Waals surface area contributed by atoms with Crippen molar-refractivity contribution in [2.75, 3.05) is 5.32 Å². The zero-order valence-electron chi connectivity index (χ0n) is 15.1. The lowest BCUT2D eigenvalue weighted by Crippen LogP contribution is -2.14. The molecule has 1 amide bonds. The first-order valence-electron chi connectivity index (χ1n) is 8.34. The van der Waals surface area contributed by atoms with Gasteiger partial charge in [-0.05, 0) is 35.4 Å². The number of anilines is 1. The highest BCUT2D eigenvalue weighted by molar-refractivity contribution is 7.14. The molecule has 0 aliphatic carbocycles. The van der Waals surface area contributed by atoms with Crippen LogP contribution >= 0.6 is 22.9 Å². The fraction of sp³-hybridized carbons (Fsp3) is 0.158. The molecular formula is C19H11ClF6N2O2S. The first-order valence-corrected chi connectivity index (χ1v) is 9.65. The van der Waals surface area contributed by atoms with Crippen molar-refractivity contribution in [3.63, 3.8) is 0 Å². The summed E-state index contributed by atoms with van der Waals surface area (Å²) < 4.78 is 79.1. The maximum absolute atomic E-state index is 13.2. The molecule has 1 unspecified atom stereocenters. The number of benzene rings is 2. The number of hydrogen-bond acceptors (Lipinski definition) is 4. The van der Waals surface area contributed by atoms with Crippen LogP contribution in [0.15, 0.2) is 47.8 Å². The number of hydrogen-bond donors (Lipinski definition) is 2. The molecule has 3 aromatic rings. The van der Waals surface area contributed by atoms with Gasteiger partial charge < -0.3 is 5.11 Å². The summed E-state index contributed by atoms with van der Waals surface area (Å²) in [7, 11) is 0. The van der Waals surface area contributed by atoms with Gasteiger partial charge in [0.25, 0.3) is 5.91 Å². The van der Waals surface area contributed by atoms with E-state index in [0.29, 0.717) is 12.1 Å². The van der Waals surface area contributed by atoms with Crippen LogP contribution < -0.4 is 5.32 Å². The van der Waals surface area contributed by atoms with Crippen molar-refractivity contribution >= 4 is 34.0 Å². The molecule has 2 N–H and O–H groups in total. The molecule has 1 atom stereocenters. The molecule has 0 bridgehead atoms. The molecule has 0 fully saturated rings. The van der Waals surface area contributed by atoms with Gasteiger partial charge in [0.05, 0.1) is 16.8 Å². The Hall–Kier alpha value is -2.63. The van der Waals surface area contributed by atoms with E-state index in [1.807, 2.05) is 0 Å². The Labute approximate surface area is 180 Å². The number of carbonyl (C=O) groups is 1. The molecule has 1 aromatic heterocycles. The predicted octanol–water partition coefficient (Wildman–Crippen LogP) is 6.33. The van der Waals surface area contributed by atoms with Gasteiger partial charge >= 0.3 is 12.4 Å².